The molecule has 70 heavy (non-hydrogen) atoms. The summed E-state index contributed by atoms with van der Waals surface area (Å²) in [5, 5.41) is 5.21. The highest BCUT2D eigenvalue weighted by molar-refractivity contribution is 6.25. The highest BCUT2D eigenvalue weighted by Gasteiger charge is 2.38. The Labute approximate surface area is 412 Å². The van der Waals surface area contributed by atoms with E-state index in [2.05, 4.69) is 261 Å². The Kier molecular flexibility index (Phi) is 10.2. The van der Waals surface area contributed by atoms with E-state index in [-0.39, 0.29) is 11.3 Å². The molecule has 1 heteroatoms. The van der Waals surface area contributed by atoms with Gasteiger partial charge in [0.15, 0.2) is 0 Å². The number of hydrogen-bond acceptors (Lipinski definition) is 1. The first-order chi connectivity index (χ1) is 34.5. The minimum Gasteiger partial charge on any atom is -0.311 e. The number of rotatable bonds is 8. The van der Waals surface area contributed by atoms with Crippen molar-refractivity contribution in [3.8, 4) is 44.5 Å². The monoisotopic (exact) mass is 895 g/mol. The molecule has 0 saturated heterocycles. The fourth-order valence-electron chi connectivity index (χ4n) is 12.1. The quantitative estimate of drug-likeness (QED) is 0.137. The van der Waals surface area contributed by atoms with Crippen molar-refractivity contribution in [2.45, 2.75) is 44.4 Å². The number of para-hydroxylation sites is 2. The van der Waals surface area contributed by atoms with Gasteiger partial charge in [-0.1, -0.05) is 214 Å². The maximum Gasteiger partial charge on any atom is 0.0462 e. The summed E-state index contributed by atoms with van der Waals surface area (Å²) < 4.78 is 0. The van der Waals surface area contributed by atoms with Crippen LogP contribution in [0.25, 0.3) is 77.7 Å². The van der Waals surface area contributed by atoms with Gasteiger partial charge in [0.05, 0.1) is 0 Å². The van der Waals surface area contributed by atoms with E-state index in [1.54, 1.807) is 5.57 Å². The summed E-state index contributed by atoms with van der Waals surface area (Å²) in [4.78, 5) is 2.34. The first kappa shape index (κ1) is 41.9. The van der Waals surface area contributed by atoms with Gasteiger partial charge >= 0.3 is 0 Å². The van der Waals surface area contributed by atoms with E-state index in [0.29, 0.717) is 0 Å². The van der Waals surface area contributed by atoms with Crippen LogP contribution in [0.15, 0.2) is 242 Å². The Balaban J connectivity index is 1.07. The van der Waals surface area contributed by atoms with Gasteiger partial charge in [-0.3, -0.25) is 0 Å². The lowest BCUT2D eigenvalue weighted by molar-refractivity contribution is 0.606. The Morgan fingerprint density at radius 2 is 1.04 bits per heavy atom. The molecular formula is C69H53N. The molecule has 1 nitrogen and oxygen atoms in total. The lowest BCUT2D eigenvalue weighted by Gasteiger charge is -2.29. The van der Waals surface area contributed by atoms with Crippen LogP contribution in [-0.2, 0) is 11.8 Å². The standard InChI is InChI=1S/C69H53N/c1-69(2)64-31-19-18-30-56(64)57-39-34-52(44-65(57)69)51-36-41-59-63(43-51)62-42-50(46-20-8-3-9-21-46)35-40-58(62)67-61(45-60(47-22-10-4-11-23-47)66(68(59)67)49-24-12-5-13-25-49)48-32-37-55(38-33-48)70(53-26-14-6-15-27-53)54-28-16-7-17-29-54/h3-18,20-30,32-42,44-45,51H,19,31,43H2,1-2H3. The first-order valence-electron chi connectivity index (χ1n) is 25.0. The van der Waals surface area contributed by atoms with Crippen LogP contribution in [0.3, 0.4) is 0 Å². The van der Waals surface area contributed by atoms with Crippen LogP contribution in [0.4, 0.5) is 17.1 Å². The second kappa shape index (κ2) is 17.1. The van der Waals surface area contributed by atoms with Crippen LogP contribution in [0, 0.1) is 0 Å². The van der Waals surface area contributed by atoms with Crippen molar-refractivity contribution >= 4 is 50.3 Å². The van der Waals surface area contributed by atoms with E-state index in [1.165, 1.54) is 99.4 Å². The fourth-order valence-corrected chi connectivity index (χ4v) is 12.1. The van der Waals surface area contributed by atoms with Crippen LogP contribution < -0.4 is 4.90 Å². The Morgan fingerprint density at radius 3 is 1.71 bits per heavy atom. The van der Waals surface area contributed by atoms with Gasteiger partial charge in [0.1, 0.15) is 0 Å². The molecule has 3 aliphatic carbocycles. The number of hydrogen-bond donors (Lipinski definition) is 0. The summed E-state index contributed by atoms with van der Waals surface area (Å²) in [6.45, 7) is 4.88. The van der Waals surface area contributed by atoms with Gasteiger partial charge in [-0.2, -0.15) is 0 Å². The molecule has 3 aliphatic rings. The third-order valence-electron chi connectivity index (χ3n) is 15.5. The summed E-state index contributed by atoms with van der Waals surface area (Å²) >= 11 is 0. The number of benzene rings is 10. The van der Waals surface area contributed by atoms with E-state index >= 15 is 0 Å². The molecule has 334 valence electrons. The predicted molar refractivity (Wildman–Crippen MR) is 298 cm³/mol. The van der Waals surface area contributed by atoms with Crippen LogP contribution in [0.1, 0.15) is 60.4 Å². The molecule has 0 spiro atoms. The first-order valence-corrected chi connectivity index (χ1v) is 25.0. The van der Waals surface area contributed by atoms with Crippen LogP contribution in [0.2, 0.25) is 0 Å². The smallest absolute Gasteiger partial charge is 0.0462 e. The van der Waals surface area contributed by atoms with E-state index in [1.807, 2.05) is 0 Å². The van der Waals surface area contributed by atoms with Crippen molar-refractivity contribution in [2.75, 3.05) is 4.90 Å². The van der Waals surface area contributed by atoms with Gasteiger partial charge in [-0.15, -0.1) is 0 Å². The zero-order chi connectivity index (χ0) is 46.8. The van der Waals surface area contributed by atoms with Crippen LogP contribution >= 0.6 is 0 Å². The highest BCUT2D eigenvalue weighted by atomic mass is 15.1. The van der Waals surface area contributed by atoms with Crippen molar-refractivity contribution in [2.24, 2.45) is 0 Å². The van der Waals surface area contributed by atoms with E-state index < -0.39 is 0 Å². The van der Waals surface area contributed by atoms with E-state index in [0.717, 1.165) is 36.3 Å². The molecule has 0 aliphatic heterocycles. The third kappa shape index (κ3) is 6.99. The number of anilines is 3. The van der Waals surface area contributed by atoms with E-state index in [9.17, 15) is 0 Å². The molecule has 0 fully saturated rings. The van der Waals surface area contributed by atoms with Crippen molar-refractivity contribution in [1.82, 2.24) is 0 Å². The molecule has 10 aromatic rings. The fraction of sp³-hybridized carbons (Fsp3) is 0.101. The summed E-state index contributed by atoms with van der Waals surface area (Å²) in [5.41, 5.74) is 23.3. The van der Waals surface area contributed by atoms with Crippen molar-refractivity contribution < 1.29 is 0 Å². The normalized spacial score (nSPS) is 15.5. The molecule has 0 amide bonds. The summed E-state index contributed by atoms with van der Waals surface area (Å²) in [6, 6.07) is 80.9. The second-order valence-corrected chi connectivity index (χ2v) is 19.8. The largest absolute Gasteiger partial charge is 0.311 e. The Morgan fingerprint density at radius 1 is 0.457 bits per heavy atom. The van der Waals surface area contributed by atoms with Crippen LogP contribution in [-0.4, -0.2) is 0 Å². The highest BCUT2D eigenvalue weighted by Crippen LogP contribution is 2.53. The average Bonchev–Trinajstić information content (AvgIpc) is 3.66. The second-order valence-electron chi connectivity index (χ2n) is 19.8. The molecule has 1 unspecified atom stereocenters. The zero-order valence-electron chi connectivity index (χ0n) is 39.7. The number of nitrogens with zero attached hydrogens (tertiary/aromatic N) is 1. The molecule has 0 radical (unpaired) electrons. The van der Waals surface area contributed by atoms with E-state index in [4.69, 9.17) is 0 Å². The van der Waals surface area contributed by atoms with Gasteiger partial charge in [-0.25, -0.2) is 0 Å². The predicted octanol–water partition coefficient (Wildman–Crippen LogP) is 18.9. The van der Waals surface area contributed by atoms with Gasteiger partial charge in [0.25, 0.3) is 0 Å². The lowest BCUT2D eigenvalue weighted by atomic mass is 9.74. The van der Waals surface area contributed by atoms with Crippen molar-refractivity contribution in [1.29, 1.82) is 0 Å². The summed E-state index contributed by atoms with van der Waals surface area (Å²) in [7, 11) is 0. The van der Waals surface area contributed by atoms with Gasteiger partial charge in [-0.05, 0) is 167 Å². The molecule has 10 aromatic carbocycles. The summed E-state index contributed by atoms with van der Waals surface area (Å²) in [5.74, 6) is 0.226. The van der Waals surface area contributed by atoms with Gasteiger partial charge in [0.2, 0.25) is 0 Å². The molecule has 0 saturated carbocycles. The maximum atomic E-state index is 2.56. The molecule has 0 heterocycles. The maximum absolute atomic E-state index is 2.56. The molecule has 0 aromatic heterocycles. The molecule has 1 atom stereocenters. The molecule has 0 bridgehead atoms. The Hall–Kier alpha value is -8.26. The minimum absolute atomic E-state index is 0.0175. The van der Waals surface area contributed by atoms with Crippen molar-refractivity contribution in [3.05, 3.63) is 270 Å². The zero-order valence-corrected chi connectivity index (χ0v) is 39.7. The molecule has 0 N–H and O–H groups in total. The Bertz CT molecular complexity index is 3670. The molecular weight excluding hydrogens is 843 g/mol. The average molecular weight is 896 g/mol. The number of fused-ring (bicyclic) bond motifs is 8. The topological polar surface area (TPSA) is 3.24 Å². The number of allylic oxidation sites excluding steroid dienone is 5. The van der Waals surface area contributed by atoms with Crippen molar-refractivity contribution in [3.63, 3.8) is 0 Å². The SMILES string of the molecule is CC1(C)C2=C(C=CCC2)c2ccc(C3C=Cc4c(c5cc(-c6ccccc6)ccc5c5c(-c6ccc(N(c7ccccc7)c7ccccc7)cc6)cc(-c6ccccc6)c(-c6ccccc6)c45)C3)cc21. The third-order valence-corrected chi connectivity index (χ3v) is 15.5. The van der Waals surface area contributed by atoms with Crippen LogP contribution in [0.5, 0.6) is 0 Å². The van der Waals surface area contributed by atoms with Gasteiger partial charge in [0, 0.05) is 28.4 Å². The molecule has 13 rings (SSSR count). The summed E-state index contributed by atoms with van der Waals surface area (Å²) in [6.07, 6.45) is 12.9. The van der Waals surface area contributed by atoms with Gasteiger partial charge < -0.3 is 4.90 Å². The lowest BCUT2D eigenvalue weighted by Crippen LogP contribution is -2.18. The minimum atomic E-state index is 0.0175.